The average Bonchev–Trinajstić information content (AvgIpc) is 2.79. The SMILES string of the molecule is C[C@]12CC[C@@H]3c4ccc(O)cc4CC[C@H]3[C@@H]1CC[C@]2(O)/C=C\Cl. The third kappa shape index (κ3) is 2.11. The van der Waals surface area contributed by atoms with Gasteiger partial charge in [0.15, 0.2) is 0 Å². The van der Waals surface area contributed by atoms with Gasteiger partial charge in [0, 0.05) is 11.0 Å². The highest BCUT2D eigenvalue weighted by atomic mass is 35.5. The Hall–Kier alpha value is -0.990. The fourth-order valence-corrected chi connectivity index (χ4v) is 6.21. The third-order valence-electron chi connectivity index (χ3n) is 7.26. The number of phenolic OH excluding ortho intramolecular Hbond substituents is 1. The number of halogens is 1. The maximum atomic E-state index is 11.2. The summed E-state index contributed by atoms with van der Waals surface area (Å²) in [5.74, 6) is 2.16. The Morgan fingerprint density at radius 3 is 2.83 bits per heavy atom. The van der Waals surface area contributed by atoms with E-state index < -0.39 is 5.60 Å². The highest BCUT2D eigenvalue weighted by molar-refractivity contribution is 6.25. The fraction of sp³-hybridized carbons (Fsp3) is 0.600. The highest BCUT2D eigenvalue weighted by Gasteiger charge is 2.60. The van der Waals surface area contributed by atoms with Gasteiger partial charge in [-0.3, -0.25) is 0 Å². The molecular weight excluding hydrogens is 308 g/mol. The lowest BCUT2D eigenvalue weighted by molar-refractivity contribution is -0.0708. The summed E-state index contributed by atoms with van der Waals surface area (Å²) in [4.78, 5) is 0. The first-order valence-electron chi connectivity index (χ1n) is 8.80. The van der Waals surface area contributed by atoms with Crippen LogP contribution in [0.25, 0.3) is 0 Å². The van der Waals surface area contributed by atoms with Gasteiger partial charge in [-0.1, -0.05) is 24.6 Å². The van der Waals surface area contributed by atoms with Crippen LogP contribution in [0.15, 0.2) is 29.8 Å². The van der Waals surface area contributed by atoms with Gasteiger partial charge in [0.1, 0.15) is 5.75 Å². The van der Waals surface area contributed by atoms with Crippen LogP contribution in [0.3, 0.4) is 0 Å². The molecule has 2 saturated carbocycles. The second kappa shape index (κ2) is 5.26. The van der Waals surface area contributed by atoms with Crippen LogP contribution in [0.1, 0.15) is 56.1 Å². The molecule has 3 aliphatic carbocycles. The lowest BCUT2D eigenvalue weighted by Gasteiger charge is -2.52. The van der Waals surface area contributed by atoms with Crippen molar-refractivity contribution < 1.29 is 10.2 Å². The van der Waals surface area contributed by atoms with Gasteiger partial charge in [0.05, 0.1) is 5.60 Å². The van der Waals surface area contributed by atoms with Gasteiger partial charge in [-0.15, -0.1) is 0 Å². The summed E-state index contributed by atoms with van der Waals surface area (Å²) in [6, 6.07) is 5.90. The molecule has 0 radical (unpaired) electrons. The van der Waals surface area contributed by atoms with E-state index in [0.29, 0.717) is 23.5 Å². The summed E-state index contributed by atoms with van der Waals surface area (Å²) < 4.78 is 0. The molecule has 23 heavy (non-hydrogen) atoms. The molecule has 2 N–H and O–H groups in total. The van der Waals surface area contributed by atoms with Gasteiger partial charge >= 0.3 is 0 Å². The molecule has 4 rings (SSSR count). The zero-order valence-corrected chi connectivity index (χ0v) is 14.4. The van der Waals surface area contributed by atoms with Crippen molar-refractivity contribution in [3.8, 4) is 5.75 Å². The lowest BCUT2D eigenvalue weighted by Crippen LogP contribution is -2.49. The van der Waals surface area contributed by atoms with Crippen LogP contribution < -0.4 is 0 Å². The third-order valence-corrected chi connectivity index (χ3v) is 7.39. The van der Waals surface area contributed by atoms with Crippen molar-refractivity contribution in [3.63, 3.8) is 0 Å². The minimum Gasteiger partial charge on any atom is -0.508 e. The van der Waals surface area contributed by atoms with Gasteiger partial charge < -0.3 is 10.2 Å². The van der Waals surface area contributed by atoms with Crippen LogP contribution in [-0.4, -0.2) is 15.8 Å². The summed E-state index contributed by atoms with van der Waals surface area (Å²) in [6.45, 7) is 2.27. The normalized spacial score (nSPS) is 42.3. The molecule has 2 fully saturated rings. The summed E-state index contributed by atoms with van der Waals surface area (Å²) >= 11 is 5.82. The maximum absolute atomic E-state index is 11.2. The van der Waals surface area contributed by atoms with Crippen LogP contribution in [0, 0.1) is 17.3 Å². The Morgan fingerprint density at radius 1 is 1.22 bits per heavy atom. The van der Waals surface area contributed by atoms with Gasteiger partial charge in [-0.05, 0) is 85.6 Å². The largest absolute Gasteiger partial charge is 0.508 e. The Morgan fingerprint density at radius 2 is 2.04 bits per heavy atom. The summed E-state index contributed by atoms with van der Waals surface area (Å²) in [5.41, 5.74) is 3.44. The van der Waals surface area contributed by atoms with E-state index in [-0.39, 0.29) is 5.41 Å². The zero-order valence-electron chi connectivity index (χ0n) is 13.6. The summed E-state index contributed by atoms with van der Waals surface area (Å²) in [5, 5.41) is 20.9. The summed E-state index contributed by atoms with van der Waals surface area (Å²) in [6.07, 6.45) is 8.10. The van der Waals surface area contributed by atoms with E-state index in [4.69, 9.17) is 11.6 Å². The molecule has 3 heteroatoms. The fourth-order valence-electron chi connectivity index (χ4n) is 6.00. The standard InChI is InChI=1S/C20H25ClO2/c1-19-8-6-16-15-5-3-14(22)12-13(15)2-4-17(16)18(19)7-9-20(19,23)10-11-21/h3,5,10-12,16-18,22-23H,2,4,6-9H2,1H3/b11-10-/t16-,17-,18+,19+,20+/m1/s1. The van der Waals surface area contributed by atoms with Crippen molar-refractivity contribution in [3.05, 3.63) is 40.9 Å². The topological polar surface area (TPSA) is 40.5 Å². The van der Waals surface area contributed by atoms with E-state index in [1.165, 1.54) is 23.1 Å². The monoisotopic (exact) mass is 332 g/mol. The smallest absolute Gasteiger partial charge is 0.115 e. The number of phenols is 1. The summed E-state index contributed by atoms with van der Waals surface area (Å²) in [7, 11) is 0. The Kier molecular flexibility index (Phi) is 3.55. The van der Waals surface area contributed by atoms with Crippen molar-refractivity contribution in [1.82, 2.24) is 0 Å². The maximum Gasteiger partial charge on any atom is 0.115 e. The first-order chi connectivity index (χ1) is 11.0. The van der Waals surface area contributed by atoms with Gasteiger partial charge in [0.2, 0.25) is 0 Å². The molecule has 124 valence electrons. The van der Waals surface area contributed by atoms with Gasteiger partial charge in [-0.2, -0.15) is 0 Å². The number of aromatic hydroxyl groups is 1. The molecule has 2 nitrogen and oxygen atoms in total. The molecule has 0 bridgehead atoms. The Bertz CT molecular complexity index is 655. The molecule has 1 aromatic carbocycles. The van der Waals surface area contributed by atoms with Crippen LogP contribution in [-0.2, 0) is 6.42 Å². The zero-order chi connectivity index (χ0) is 16.2. The number of aliphatic hydroxyl groups is 1. The lowest BCUT2D eigenvalue weighted by atomic mass is 9.53. The van der Waals surface area contributed by atoms with E-state index in [9.17, 15) is 10.2 Å². The number of hydrogen-bond acceptors (Lipinski definition) is 2. The first-order valence-corrected chi connectivity index (χ1v) is 9.24. The van der Waals surface area contributed by atoms with Crippen molar-refractivity contribution in [1.29, 1.82) is 0 Å². The highest BCUT2D eigenvalue weighted by Crippen LogP contribution is 2.64. The quantitative estimate of drug-likeness (QED) is 0.780. The first kappa shape index (κ1) is 15.5. The van der Waals surface area contributed by atoms with Crippen molar-refractivity contribution in [2.45, 2.75) is 57.0 Å². The number of benzene rings is 1. The second-order valence-electron chi connectivity index (χ2n) is 8.01. The molecule has 0 spiro atoms. The van der Waals surface area contributed by atoms with E-state index in [2.05, 4.69) is 13.0 Å². The Balaban J connectivity index is 1.70. The molecule has 3 aliphatic rings. The van der Waals surface area contributed by atoms with Gasteiger partial charge in [0.25, 0.3) is 0 Å². The van der Waals surface area contributed by atoms with Crippen LogP contribution in [0.4, 0.5) is 0 Å². The van der Waals surface area contributed by atoms with Crippen LogP contribution >= 0.6 is 11.6 Å². The molecule has 5 atom stereocenters. The molecule has 0 amide bonds. The molecule has 0 heterocycles. The molecule has 0 saturated heterocycles. The van der Waals surface area contributed by atoms with Crippen LogP contribution in [0.5, 0.6) is 5.75 Å². The average molecular weight is 333 g/mol. The van der Waals surface area contributed by atoms with Crippen LogP contribution in [0.2, 0.25) is 0 Å². The molecule has 0 unspecified atom stereocenters. The van der Waals surface area contributed by atoms with Crippen molar-refractivity contribution in [2.24, 2.45) is 17.3 Å². The minimum absolute atomic E-state index is 0.0615. The molecule has 1 aromatic rings. The van der Waals surface area contributed by atoms with E-state index in [0.717, 1.165) is 32.1 Å². The van der Waals surface area contributed by atoms with Gasteiger partial charge in [-0.25, -0.2) is 0 Å². The molecular formula is C20H25ClO2. The van der Waals surface area contributed by atoms with Crippen molar-refractivity contribution in [2.75, 3.05) is 0 Å². The van der Waals surface area contributed by atoms with E-state index >= 15 is 0 Å². The number of fused-ring (bicyclic) bond motifs is 5. The predicted molar refractivity (Wildman–Crippen MR) is 92.7 cm³/mol. The molecule has 0 aromatic heterocycles. The van der Waals surface area contributed by atoms with Crippen molar-refractivity contribution >= 4 is 11.6 Å². The van der Waals surface area contributed by atoms with E-state index in [1.54, 1.807) is 0 Å². The van der Waals surface area contributed by atoms with E-state index in [1.807, 2.05) is 18.2 Å². The minimum atomic E-state index is -0.750. The number of hydrogen-bond donors (Lipinski definition) is 2. The Labute approximate surface area is 143 Å². The second-order valence-corrected chi connectivity index (χ2v) is 8.26. The number of aryl methyl sites for hydroxylation is 1. The molecule has 0 aliphatic heterocycles. The number of rotatable bonds is 1. The predicted octanol–water partition coefficient (Wildman–Crippen LogP) is 4.73.